The van der Waals surface area contributed by atoms with E-state index in [1.54, 1.807) is 23.9 Å². The highest BCUT2D eigenvalue weighted by molar-refractivity contribution is 5.11. The minimum absolute atomic E-state index is 0.346. The van der Waals surface area contributed by atoms with Crippen LogP contribution in [-0.4, -0.2) is 15.1 Å². The van der Waals surface area contributed by atoms with Crippen LogP contribution in [0.15, 0.2) is 12.4 Å². The Bertz CT molecular complexity index is 390. The molecule has 0 saturated heterocycles. The topological polar surface area (TPSA) is 91.4 Å². The number of nitriles is 2. The van der Waals surface area contributed by atoms with Crippen LogP contribution in [0.25, 0.3) is 0 Å². The van der Waals surface area contributed by atoms with Crippen LogP contribution < -0.4 is 5.73 Å². The number of hydrogen-bond acceptors (Lipinski definition) is 4. The first-order chi connectivity index (χ1) is 6.59. The minimum Gasteiger partial charge on any atom is -0.323 e. The highest BCUT2D eigenvalue weighted by atomic mass is 15.1. The van der Waals surface area contributed by atoms with Crippen molar-refractivity contribution in [2.45, 2.75) is 25.4 Å². The van der Waals surface area contributed by atoms with Crippen LogP contribution in [0.3, 0.4) is 0 Å². The van der Waals surface area contributed by atoms with Gasteiger partial charge in [-0.15, -0.1) is 0 Å². The molecule has 1 unspecified atom stereocenters. The lowest BCUT2D eigenvalue weighted by molar-refractivity contribution is 0.488. The van der Waals surface area contributed by atoms with E-state index in [9.17, 15) is 0 Å². The predicted molar refractivity (Wildman–Crippen MR) is 49.8 cm³/mol. The van der Waals surface area contributed by atoms with E-state index in [2.05, 4.69) is 4.98 Å². The van der Waals surface area contributed by atoms with E-state index in [0.29, 0.717) is 18.8 Å². The molecule has 0 aromatic carbocycles. The van der Waals surface area contributed by atoms with Crippen molar-refractivity contribution < 1.29 is 0 Å². The Morgan fingerprint density at radius 1 is 1.64 bits per heavy atom. The van der Waals surface area contributed by atoms with E-state index >= 15 is 0 Å². The molecule has 2 N–H and O–H groups in total. The average molecular weight is 189 g/mol. The molecule has 0 amide bonds. The molecule has 72 valence electrons. The molecule has 1 aromatic rings. The van der Waals surface area contributed by atoms with Gasteiger partial charge in [0.2, 0.25) is 5.82 Å². The Morgan fingerprint density at radius 2 is 2.36 bits per heavy atom. The van der Waals surface area contributed by atoms with Crippen LogP contribution in [0.5, 0.6) is 0 Å². The maximum atomic E-state index is 8.68. The molecular formula is C9H11N5. The first-order valence-electron chi connectivity index (χ1n) is 4.20. The Kier molecular flexibility index (Phi) is 2.85. The molecule has 14 heavy (non-hydrogen) atoms. The van der Waals surface area contributed by atoms with E-state index in [1.165, 1.54) is 0 Å². The summed E-state index contributed by atoms with van der Waals surface area (Å²) in [5, 5.41) is 17.3. The van der Waals surface area contributed by atoms with Crippen LogP contribution in [0.4, 0.5) is 0 Å². The van der Waals surface area contributed by atoms with E-state index in [1.807, 2.05) is 12.1 Å². The van der Waals surface area contributed by atoms with Gasteiger partial charge >= 0.3 is 0 Å². The summed E-state index contributed by atoms with van der Waals surface area (Å²) in [5.41, 5.74) is 4.80. The van der Waals surface area contributed by atoms with Gasteiger partial charge in [-0.2, -0.15) is 10.5 Å². The molecule has 1 heterocycles. The van der Waals surface area contributed by atoms with Crippen molar-refractivity contribution in [3.63, 3.8) is 0 Å². The molecule has 0 bridgehead atoms. The largest absolute Gasteiger partial charge is 0.323 e. The molecule has 5 heteroatoms. The van der Waals surface area contributed by atoms with Crippen molar-refractivity contribution in [2.24, 2.45) is 5.73 Å². The van der Waals surface area contributed by atoms with Crippen LogP contribution in [0.1, 0.15) is 19.2 Å². The lowest BCUT2D eigenvalue weighted by Crippen LogP contribution is -2.35. The molecule has 1 aromatic heterocycles. The highest BCUT2D eigenvalue weighted by Crippen LogP contribution is 2.07. The molecule has 1 atom stereocenters. The molecule has 0 aliphatic carbocycles. The molecule has 0 fully saturated rings. The van der Waals surface area contributed by atoms with Gasteiger partial charge in [-0.3, -0.25) is 0 Å². The summed E-state index contributed by atoms with van der Waals surface area (Å²) < 4.78 is 1.68. The first-order valence-corrected chi connectivity index (χ1v) is 4.20. The number of imidazole rings is 1. The summed E-state index contributed by atoms with van der Waals surface area (Å²) in [5.74, 6) is 0.346. The van der Waals surface area contributed by atoms with Crippen molar-refractivity contribution >= 4 is 0 Å². The molecule has 1 rings (SSSR count). The zero-order chi connectivity index (χ0) is 10.6. The van der Waals surface area contributed by atoms with Crippen LogP contribution in [0, 0.1) is 22.7 Å². The van der Waals surface area contributed by atoms with Gasteiger partial charge in [0.05, 0.1) is 6.07 Å². The third-order valence-electron chi connectivity index (χ3n) is 1.94. The van der Waals surface area contributed by atoms with Gasteiger partial charge < -0.3 is 10.3 Å². The fraction of sp³-hybridized carbons (Fsp3) is 0.444. The van der Waals surface area contributed by atoms with Gasteiger partial charge in [-0.05, 0) is 13.3 Å². The summed E-state index contributed by atoms with van der Waals surface area (Å²) >= 11 is 0. The molecule has 0 aliphatic heterocycles. The van der Waals surface area contributed by atoms with Crippen molar-refractivity contribution in [3.05, 3.63) is 18.2 Å². The number of nitrogens with two attached hydrogens (primary N) is 1. The number of rotatable bonds is 3. The summed E-state index contributed by atoms with van der Waals surface area (Å²) in [7, 11) is 0. The van der Waals surface area contributed by atoms with Gasteiger partial charge in [0, 0.05) is 18.9 Å². The Labute approximate surface area is 82.4 Å². The third kappa shape index (κ3) is 2.32. The lowest BCUT2D eigenvalue weighted by atomic mass is 10.0. The van der Waals surface area contributed by atoms with Crippen LogP contribution in [0.2, 0.25) is 0 Å². The van der Waals surface area contributed by atoms with Gasteiger partial charge in [0.15, 0.2) is 0 Å². The van der Waals surface area contributed by atoms with Gasteiger partial charge in [0.25, 0.3) is 0 Å². The highest BCUT2D eigenvalue weighted by Gasteiger charge is 2.17. The Morgan fingerprint density at radius 3 is 2.93 bits per heavy atom. The number of aryl methyl sites for hydroxylation is 1. The second-order valence-corrected chi connectivity index (χ2v) is 3.34. The zero-order valence-electron chi connectivity index (χ0n) is 7.94. The fourth-order valence-electron chi connectivity index (χ4n) is 1.01. The SMILES string of the molecule is CC(N)(C#N)CCn1ccnc1C#N. The molecule has 0 aliphatic rings. The second kappa shape index (κ2) is 3.91. The molecular weight excluding hydrogens is 178 g/mol. The minimum atomic E-state index is -0.850. The van der Waals surface area contributed by atoms with Gasteiger partial charge in [-0.1, -0.05) is 0 Å². The molecule has 0 radical (unpaired) electrons. The second-order valence-electron chi connectivity index (χ2n) is 3.34. The standard InChI is InChI=1S/C9H11N5/c1-9(12,7-11)2-4-14-5-3-13-8(14)6-10/h3,5H,2,4,12H2,1H3. The number of aromatic nitrogens is 2. The third-order valence-corrected chi connectivity index (χ3v) is 1.94. The molecule has 0 spiro atoms. The fourth-order valence-corrected chi connectivity index (χ4v) is 1.01. The first kappa shape index (κ1) is 10.2. The Balaban J connectivity index is 2.64. The summed E-state index contributed by atoms with van der Waals surface area (Å²) in [6.45, 7) is 2.19. The van der Waals surface area contributed by atoms with Crippen LogP contribution in [-0.2, 0) is 6.54 Å². The van der Waals surface area contributed by atoms with Gasteiger partial charge in [-0.25, -0.2) is 4.98 Å². The smallest absolute Gasteiger partial charge is 0.212 e. The van der Waals surface area contributed by atoms with Crippen molar-refractivity contribution in [1.29, 1.82) is 10.5 Å². The maximum absolute atomic E-state index is 8.68. The predicted octanol–water partition coefficient (Wildman–Crippen LogP) is 0.386. The van der Waals surface area contributed by atoms with E-state index in [0.717, 1.165) is 0 Å². The van der Waals surface area contributed by atoms with Gasteiger partial charge in [0.1, 0.15) is 11.6 Å². The lowest BCUT2D eigenvalue weighted by Gasteiger charge is -2.15. The normalized spacial score (nSPS) is 14.0. The summed E-state index contributed by atoms with van der Waals surface area (Å²) in [6.07, 6.45) is 3.75. The van der Waals surface area contributed by atoms with E-state index in [4.69, 9.17) is 16.3 Å². The summed E-state index contributed by atoms with van der Waals surface area (Å²) in [6, 6.07) is 3.96. The van der Waals surface area contributed by atoms with Crippen molar-refractivity contribution in [2.75, 3.05) is 0 Å². The van der Waals surface area contributed by atoms with E-state index in [-0.39, 0.29) is 0 Å². The summed E-state index contributed by atoms with van der Waals surface area (Å²) in [4.78, 5) is 3.84. The Hall–Kier alpha value is -1.85. The van der Waals surface area contributed by atoms with Crippen molar-refractivity contribution in [1.82, 2.24) is 9.55 Å². The monoisotopic (exact) mass is 189 g/mol. The molecule has 0 saturated carbocycles. The maximum Gasteiger partial charge on any atom is 0.212 e. The number of hydrogen-bond donors (Lipinski definition) is 1. The van der Waals surface area contributed by atoms with Crippen LogP contribution >= 0.6 is 0 Å². The molecule has 5 nitrogen and oxygen atoms in total. The quantitative estimate of drug-likeness (QED) is 0.744. The zero-order valence-corrected chi connectivity index (χ0v) is 7.94. The van der Waals surface area contributed by atoms with Crippen molar-refractivity contribution in [3.8, 4) is 12.1 Å². The average Bonchev–Trinajstić information content (AvgIpc) is 2.62. The number of nitrogens with zero attached hydrogens (tertiary/aromatic N) is 4. The van der Waals surface area contributed by atoms with E-state index < -0.39 is 5.54 Å².